The molecule has 0 atom stereocenters. The summed E-state index contributed by atoms with van der Waals surface area (Å²) in [5.74, 6) is 0. The minimum atomic E-state index is -0.162. The maximum absolute atomic E-state index is 13.2. The van der Waals surface area contributed by atoms with E-state index < -0.39 is 0 Å². The quantitative estimate of drug-likeness (QED) is 0.262. The first-order valence-electron chi connectivity index (χ1n) is 13.1. The fraction of sp³-hybridized carbons (Fsp3) is 0.188. The monoisotopic (exact) mass is 532 g/mol. The van der Waals surface area contributed by atoms with Gasteiger partial charge < -0.3 is 0 Å². The maximum Gasteiger partial charge on any atom is 0.280 e. The van der Waals surface area contributed by atoms with Crippen LogP contribution in [0.3, 0.4) is 0 Å². The summed E-state index contributed by atoms with van der Waals surface area (Å²) in [5.41, 5.74) is 9.32. The summed E-state index contributed by atoms with van der Waals surface area (Å²) in [6.07, 6.45) is 3.16. The van der Waals surface area contributed by atoms with Gasteiger partial charge >= 0.3 is 0 Å². The van der Waals surface area contributed by atoms with Crippen molar-refractivity contribution < 1.29 is 0 Å². The molecule has 0 saturated heterocycles. The zero-order valence-corrected chi connectivity index (χ0v) is 23.5. The number of aromatic nitrogens is 4. The Bertz CT molecular complexity index is 1780. The van der Waals surface area contributed by atoms with Crippen LogP contribution >= 0.6 is 0 Å². The highest BCUT2D eigenvalue weighted by atomic mass is 16.1. The summed E-state index contributed by atoms with van der Waals surface area (Å²) >= 11 is 0. The predicted octanol–water partition coefficient (Wildman–Crippen LogP) is 6.00. The third-order valence-corrected chi connectivity index (χ3v) is 6.94. The van der Waals surface area contributed by atoms with E-state index in [2.05, 4.69) is 20.2 Å². The highest BCUT2D eigenvalue weighted by Gasteiger charge is 2.14. The van der Waals surface area contributed by atoms with E-state index in [1.54, 1.807) is 21.8 Å². The number of hydrogen-bond donors (Lipinski definition) is 2. The average Bonchev–Trinajstić information content (AvgIpc) is 3.35. The first-order valence-corrected chi connectivity index (χ1v) is 13.1. The molecule has 0 amide bonds. The minimum Gasteiger partial charge on any atom is -0.295 e. The Hall–Kier alpha value is -4.98. The largest absolute Gasteiger partial charge is 0.295 e. The Morgan fingerprint density at radius 1 is 0.600 bits per heavy atom. The van der Waals surface area contributed by atoms with Crippen LogP contribution in [0.4, 0.5) is 11.4 Å². The molecule has 0 spiro atoms. The summed E-state index contributed by atoms with van der Waals surface area (Å²) < 4.78 is 3.10. The Morgan fingerprint density at radius 3 is 1.43 bits per heavy atom. The number of H-pyrrole nitrogens is 2. The third-order valence-electron chi connectivity index (χ3n) is 6.94. The molecule has 40 heavy (non-hydrogen) atoms. The molecule has 0 aliphatic carbocycles. The van der Waals surface area contributed by atoms with Gasteiger partial charge in [-0.2, -0.15) is 0 Å². The number of rotatable bonds is 6. The van der Waals surface area contributed by atoms with Crippen molar-refractivity contribution in [3.63, 3.8) is 0 Å². The second-order valence-electron chi connectivity index (χ2n) is 10.2. The number of benzene rings is 3. The molecular formula is C32H32N6O2. The van der Waals surface area contributed by atoms with Crippen LogP contribution in [0.5, 0.6) is 0 Å². The van der Waals surface area contributed by atoms with Gasteiger partial charge in [0.1, 0.15) is 0 Å². The molecule has 202 valence electrons. The van der Waals surface area contributed by atoms with Crippen LogP contribution in [-0.2, 0) is 0 Å². The van der Waals surface area contributed by atoms with Gasteiger partial charge in [0.25, 0.3) is 11.1 Å². The standard InChI is InChI=1S/C32H32N6O2/c1-19-10-12-29(21(3)14-19)37-31(39)27(23(5)35-37)17-33-25-8-7-9-26(16-25)34-18-28-24(6)36-38(32(28)40)30-13-11-20(2)15-22(30)4/h7-18,35-36H,1-6H3. The van der Waals surface area contributed by atoms with Crippen LogP contribution in [0.25, 0.3) is 11.4 Å². The van der Waals surface area contributed by atoms with Crippen molar-refractivity contribution in [1.29, 1.82) is 0 Å². The van der Waals surface area contributed by atoms with Gasteiger partial charge in [-0.3, -0.25) is 29.8 Å². The van der Waals surface area contributed by atoms with Gasteiger partial charge in [0, 0.05) is 23.8 Å². The van der Waals surface area contributed by atoms with Crippen LogP contribution in [0.1, 0.15) is 44.8 Å². The van der Waals surface area contributed by atoms with Gasteiger partial charge in [-0.05, 0) is 83.0 Å². The average molecular weight is 533 g/mol. The molecule has 0 bridgehead atoms. The Labute approximate surface area is 232 Å². The fourth-order valence-corrected chi connectivity index (χ4v) is 4.81. The summed E-state index contributed by atoms with van der Waals surface area (Å²) in [6.45, 7) is 11.7. The highest BCUT2D eigenvalue weighted by molar-refractivity contribution is 5.85. The summed E-state index contributed by atoms with van der Waals surface area (Å²) in [4.78, 5) is 35.4. The predicted molar refractivity (Wildman–Crippen MR) is 162 cm³/mol. The van der Waals surface area contributed by atoms with Crippen molar-refractivity contribution >= 4 is 23.8 Å². The molecule has 0 fully saturated rings. The molecule has 0 aliphatic heterocycles. The number of aromatic amines is 2. The smallest absolute Gasteiger partial charge is 0.280 e. The Balaban J connectivity index is 1.40. The summed E-state index contributed by atoms with van der Waals surface area (Å²) in [6, 6.07) is 19.3. The topological polar surface area (TPSA) is 100 Å². The lowest BCUT2D eigenvalue weighted by molar-refractivity contribution is 0.828. The molecule has 0 radical (unpaired) electrons. The first kappa shape index (κ1) is 26.6. The van der Waals surface area contributed by atoms with E-state index in [4.69, 9.17) is 0 Å². The van der Waals surface area contributed by atoms with Crippen molar-refractivity contribution in [1.82, 2.24) is 19.6 Å². The molecular weight excluding hydrogens is 500 g/mol. The van der Waals surface area contributed by atoms with Gasteiger partial charge in [-0.25, -0.2) is 9.36 Å². The molecule has 2 heterocycles. The van der Waals surface area contributed by atoms with Crippen molar-refractivity contribution in [2.45, 2.75) is 41.5 Å². The fourth-order valence-electron chi connectivity index (χ4n) is 4.81. The molecule has 5 rings (SSSR count). The van der Waals surface area contributed by atoms with E-state index in [-0.39, 0.29) is 11.1 Å². The molecule has 2 N–H and O–H groups in total. The van der Waals surface area contributed by atoms with Crippen LogP contribution < -0.4 is 11.1 Å². The number of aryl methyl sites for hydroxylation is 6. The zero-order chi connectivity index (χ0) is 28.6. The number of hydrogen-bond acceptors (Lipinski definition) is 4. The molecule has 0 saturated carbocycles. The molecule has 8 heteroatoms. The first-order chi connectivity index (χ1) is 19.1. The number of nitrogens with one attached hydrogen (secondary N) is 2. The molecule has 8 nitrogen and oxygen atoms in total. The van der Waals surface area contributed by atoms with E-state index >= 15 is 0 Å². The van der Waals surface area contributed by atoms with Crippen molar-refractivity contribution in [2.75, 3.05) is 0 Å². The van der Waals surface area contributed by atoms with Crippen LogP contribution in [0.15, 0.2) is 80.2 Å². The van der Waals surface area contributed by atoms with Crippen LogP contribution in [-0.4, -0.2) is 32.0 Å². The second-order valence-corrected chi connectivity index (χ2v) is 10.2. The SMILES string of the molecule is Cc1ccc(-n2[nH]c(C)c(C=Nc3cccc(N=Cc4c(C)[nH]n(-c5ccc(C)cc5C)c4=O)c3)c2=O)c(C)c1. The van der Waals surface area contributed by atoms with Gasteiger partial charge in [0.05, 0.1) is 33.9 Å². The number of nitrogens with zero attached hydrogens (tertiary/aromatic N) is 4. The van der Waals surface area contributed by atoms with Crippen molar-refractivity contribution in [2.24, 2.45) is 9.98 Å². The molecule has 0 unspecified atom stereocenters. The van der Waals surface area contributed by atoms with Gasteiger partial charge in [0.15, 0.2) is 0 Å². The van der Waals surface area contributed by atoms with Crippen LogP contribution in [0, 0.1) is 41.5 Å². The van der Waals surface area contributed by atoms with Crippen molar-refractivity contribution in [3.8, 4) is 11.4 Å². The lowest BCUT2D eigenvalue weighted by Gasteiger charge is -2.06. The Morgan fingerprint density at radius 2 is 1.02 bits per heavy atom. The lowest BCUT2D eigenvalue weighted by Crippen LogP contribution is -2.18. The van der Waals surface area contributed by atoms with E-state index in [9.17, 15) is 9.59 Å². The molecule has 2 aromatic heterocycles. The van der Waals surface area contributed by atoms with Gasteiger partial charge in [0.2, 0.25) is 0 Å². The highest BCUT2D eigenvalue weighted by Crippen LogP contribution is 2.21. The zero-order valence-electron chi connectivity index (χ0n) is 23.5. The Kier molecular flexibility index (Phi) is 7.09. The molecule has 5 aromatic rings. The van der Waals surface area contributed by atoms with Crippen molar-refractivity contribution in [3.05, 3.63) is 126 Å². The number of aliphatic imine (C=N–C) groups is 2. The van der Waals surface area contributed by atoms with Crippen LogP contribution in [0.2, 0.25) is 0 Å². The minimum absolute atomic E-state index is 0.162. The van der Waals surface area contributed by atoms with E-state index in [0.717, 1.165) is 45.0 Å². The molecule has 3 aromatic carbocycles. The van der Waals surface area contributed by atoms with E-state index in [1.165, 1.54) is 0 Å². The van der Waals surface area contributed by atoms with E-state index in [1.807, 2.05) is 102 Å². The summed E-state index contributed by atoms with van der Waals surface area (Å²) in [7, 11) is 0. The molecule has 0 aliphatic rings. The lowest BCUT2D eigenvalue weighted by atomic mass is 10.1. The summed E-state index contributed by atoms with van der Waals surface area (Å²) in [5, 5.41) is 6.32. The second kappa shape index (κ2) is 10.6. The normalized spacial score (nSPS) is 11.8. The van der Waals surface area contributed by atoms with Gasteiger partial charge in [-0.1, -0.05) is 41.5 Å². The third kappa shape index (κ3) is 5.16. The maximum atomic E-state index is 13.2. The van der Waals surface area contributed by atoms with Gasteiger partial charge in [-0.15, -0.1) is 0 Å². The van der Waals surface area contributed by atoms with E-state index in [0.29, 0.717) is 22.5 Å².